The molecule has 1 aliphatic rings. The molecule has 1 N–H and O–H groups in total. The predicted molar refractivity (Wildman–Crippen MR) is 84.2 cm³/mol. The van der Waals surface area contributed by atoms with Crippen LogP contribution in [0.4, 0.5) is 0 Å². The number of hydrogen-bond acceptors (Lipinski definition) is 4. The van der Waals surface area contributed by atoms with Crippen LogP contribution in [0.1, 0.15) is 29.8 Å². The molecule has 3 rings (SSSR count). The Morgan fingerprint density at radius 3 is 2.62 bits per heavy atom. The number of benzene rings is 2. The molecule has 0 radical (unpaired) electrons. The van der Waals surface area contributed by atoms with Gasteiger partial charge in [-0.05, 0) is 42.2 Å². The Morgan fingerprint density at radius 2 is 1.95 bits per heavy atom. The monoisotopic (exact) mass is 302 g/mol. The van der Waals surface area contributed by atoms with Crippen molar-refractivity contribution in [2.24, 2.45) is 0 Å². The summed E-state index contributed by atoms with van der Waals surface area (Å²) in [4.78, 5) is 1.22. The molecular formula is C17H18O3S. The van der Waals surface area contributed by atoms with E-state index in [1.807, 2.05) is 18.2 Å². The van der Waals surface area contributed by atoms with Crippen molar-refractivity contribution < 1.29 is 14.6 Å². The summed E-state index contributed by atoms with van der Waals surface area (Å²) in [5, 5.41) is 10.4. The van der Waals surface area contributed by atoms with E-state index in [1.165, 1.54) is 4.90 Å². The van der Waals surface area contributed by atoms with Gasteiger partial charge >= 0.3 is 0 Å². The SMILES string of the molecule is COc1ccc2c(c1)C(O)CC(c1ccc(SC)cc1)O2. The molecule has 3 nitrogen and oxygen atoms in total. The van der Waals surface area contributed by atoms with Crippen molar-refractivity contribution in [3.05, 3.63) is 53.6 Å². The fourth-order valence-corrected chi connectivity index (χ4v) is 2.98. The van der Waals surface area contributed by atoms with Gasteiger partial charge in [0.1, 0.15) is 17.6 Å². The van der Waals surface area contributed by atoms with Crippen molar-refractivity contribution in [2.75, 3.05) is 13.4 Å². The average molecular weight is 302 g/mol. The highest BCUT2D eigenvalue weighted by atomic mass is 32.2. The summed E-state index contributed by atoms with van der Waals surface area (Å²) in [6.45, 7) is 0. The van der Waals surface area contributed by atoms with E-state index in [1.54, 1.807) is 18.9 Å². The lowest BCUT2D eigenvalue weighted by Crippen LogP contribution is -2.19. The molecule has 0 saturated heterocycles. The van der Waals surface area contributed by atoms with E-state index < -0.39 is 6.10 Å². The van der Waals surface area contributed by atoms with Crippen LogP contribution < -0.4 is 9.47 Å². The first-order chi connectivity index (χ1) is 10.2. The van der Waals surface area contributed by atoms with E-state index in [2.05, 4.69) is 30.5 Å². The molecule has 21 heavy (non-hydrogen) atoms. The summed E-state index contributed by atoms with van der Waals surface area (Å²) < 4.78 is 11.2. The number of hydrogen-bond donors (Lipinski definition) is 1. The molecule has 0 aromatic heterocycles. The fraction of sp³-hybridized carbons (Fsp3) is 0.294. The van der Waals surface area contributed by atoms with Crippen molar-refractivity contribution in [1.82, 2.24) is 0 Å². The lowest BCUT2D eigenvalue weighted by molar-refractivity contribution is 0.0654. The van der Waals surface area contributed by atoms with Gasteiger partial charge in [0.25, 0.3) is 0 Å². The predicted octanol–water partition coefficient (Wildman–Crippen LogP) is 3.97. The average Bonchev–Trinajstić information content (AvgIpc) is 2.54. The van der Waals surface area contributed by atoms with Gasteiger partial charge in [0.05, 0.1) is 13.2 Å². The van der Waals surface area contributed by atoms with Crippen molar-refractivity contribution in [3.63, 3.8) is 0 Å². The molecular weight excluding hydrogens is 284 g/mol. The maximum atomic E-state index is 10.4. The van der Waals surface area contributed by atoms with E-state index >= 15 is 0 Å². The summed E-state index contributed by atoms with van der Waals surface area (Å²) in [6.07, 6.45) is 1.96. The minimum atomic E-state index is -0.533. The van der Waals surface area contributed by atoms with Crippen LogP contribution in [0.15, 0.2) is 47.4 Å². The molecule has 0 aliphatic carbocycles. The van der Waals surface area contributed by atoms with Crippen LogP contribution in [-0.2, 0) is 0 Å². The smallest absolute Gasteiger partial charge is 0.127 e. The number of methoxy groups -OCH3 is 1. The summed E-state index contributed by atoms with van der Waals surface area (Å²) in [6, 6.07) is 13.9. The molecule has 0 amide bonds. The van der Waals surface area contributed by atoms with Gasteiger partial charge in [-0.3, -0.25) is 0 Å². The number of rotatable bonds is 3. The first kappa shape index (κ1) is 14.3. The van der Waals surface area contributed by atoms with Crippen LogP contribution in [0.5, 0.6) is 11.5 Å². The molecule has 2 unspecified atom stereocenters. The van der Waals surface area contributed by atoms with Crippen LogP contribution in [-0.4, -0.2) is 18.5 Å². The quantitative estimate of drug-likeness (QED) is 0.871. The highest BCUT2D eigenvalue weighted by Crippen LogP contribution is 2.42. The number of ether oxygens (including phenoxy) is 2. The van der Waals surface area contributed by atoms with E-state index in [4.69, 9.17) is 9.47 Å². The van der Waals surface area contributed by atoms with Gasteiger partial charge < -0.3 is 14.6 Å². The third-order valence-electron chi connectivity index (χ3n) is 3.77. The Morgan fingerprint density at radius 1 is 1.19 bits per heavy atom. The summed E-state index contributed by atoms with van der Waals surface area (Å²) in [7, 11) is 1.62. The number of thioether (sulfide) groups is 1. The standard InChI is InChI=1S/C17H18O3S/c1-19-12-5-8-16-14(9-12)15(18)10-17(20-16)11-3-6-13(21-2)7-4-11/h3-9,15,17-18H,10H2,1-2H3. The molecule has 0 spiro atoms. The van der Waals surface area contributed by atoms with Crippen LogP contribution in [0.25, 0.3) is 0 Å². The van der Waals surface area contributed by atoms with E-state index in [9.17, 15) is 5.11 Å². The van der Waals surface area contributed by atoms with E-state index in [0.29, 0.717) is 6.42 Å². The van der Waals surface area contributed by atoms with Crippen molar-refractivity contribution in [1.29, 1.82) is 0 Å². The maximum Gasteiger partial charge on any atom is 0.127 e. The zero-order valence-electron chi connectivity index (χ0n) is 12.1. The van der Waals surface area contributed by atoms with Crippen LogP contribution in [0.2, 0.25) is 0 Å². The molecule has 0 fully saturated rings. The van der Waals surface area contributed by atoms with Crippen molar-refractivity contribution in [2.45, 2.75) is 23.5 Å². The second-order valence-electron chi connectivity index (χ2n) is 5.03. The Kier molecular flexibility index (Phi) is 4.08. The molecule has 2 atom stereocenters. The minimum Gasteiger partial charge on any atom is -0.497 e. The zero-order chi connectivity index (χ0) is 14.8. The van der Waals surface area contributed by atoms with Crippen LogP contribution in [0.3, 0.4) is 0 Å². The van der Waals surface area contributed by atoms with Gasteiger partial charge in [-0.15, -0.1) is 11.8 Å². The van der Waals surface area contributed by atoms with Crippen molar-refractivity contribution >= 4 is 11.8 Å². The second kappa shape index (κ2) is 6.00. The normalized spacial score (nSPS) is 20.5. The largest absolute Gasteiger partial charge is 0.497 e. The van der Waals surface area contributed by atoms with E-state index in [0.717, 1.165) is 22.6 Å². The lowest BCUT2D eigenvalue weighted by Gasteiger charge is -2.30. The Balaban J connectivity index is 1.87. The molecule has 1 heterocycles. The molecule has 2 aromatic carbocycles. The fourth-order valence-electron chi connectivity index (χ4n) is 2.58. The number of aliphatic hydroxyl groups excluding tert-OH is 1. The van der Waals surface area contributed by atoms with Crippen molar-refractivity contribution in [3.8, 4) is 11.5 Å². The van der Waals surface area contributed by atoms with E-state index in [-0.39, 0.29) is 6.10 Å². The third kappa shape index (κ3) is 2.87. The third-order valence-corrected chi connectivity index (χ3v) is 4.51. The molecule has 2 aromatic rings. The van der Waals surface area contributed by atoms with Gasteiger partial charge in [-0.25, -0.2) is 0 Å². The summed E-state index contributed by atoms with van der Waals surface area (Å²) >= 11 is 1.71. The molecule has 110 valence electrons. The Labute approximate surface area is 128 Å². The molecule has 0 saturated carbocycles. The first-order valence-electron chi connectivity index (χ1n) is 6.88. The first-order valence-corrected chi connectivity index (χ1v) is 8.10. The Hall–Kier alpha value is -1.65. The van der Waals surface area contributed by atoms with Crippen LogP contribution in [0, 0.1) is 0 Å². The maximum absolute atomic E-state index is 10.4. The zero-order valence-corrected chi connectivity index (χ0v) is 12.9. The van der Waals surface area contributed by atoms with Gasteiger partial charge in [0.2, 0.25) is 0 Å². The number of fused-ring (bicyclic) bond motifs is 1. The van der Waals surface area contributed by atoms with Gasteiger partial charge in [-0.2, -0.15) is 0 Å². The second-order valence-corrected chi connectivity index (χ2v) is 5.91. The molecule has 1 aliphatic heterocycles. The van der Waals surface area contributed by atoms with Gasteiger partial charge in [0.15, 0.2) is 0 Å². The molecule has 0 bridgehead atoms. The highest BCUT2D eigenvalue weighted by Gasteiger charge is 2.28. The van der Waals surface area contributed by atoms with Gasteiger partial charge in [-0.1, -0.05) is 12.1 Å². The summed E-state index contributed by atoms with van der Waals surface area (Å²) in [5.74, 6) is 1.47. The topological polar surface area (TPSA) is 38.7 Å². The van der Waals surface area contributed by atoms with Crippen LogP contribution >= 0.6 is 11.8 Å². The molecule has 4 heteroatoms. The summed E-state index contributed by atoms with van der Waals surface area (Å²) in [5.41, 5.74) is 1.89. The van der Waals surface area contributed by atoms with Gasteiger partial charge in [0, 0.05) is 16.9 Å². The minimum absolute atomic E-state index is 0.114. The lowest BCUT2D eigenvalue weighted by atomic mass is 9.95. The highest BCUT2D eigenvalue weighted by molar-refractivity contribution is 7.98. The Bertz CT molecular complexity index is 624. The number of aliphatic hydroxyl groups is 1.